The summed E-state index contributed by atoms with van der Waals surface area (Å²) in [6, 6.07) is 0. The van der Waals surface area contributed by atoms with Crippen LogP contribution in [0.3, 0.4) is 0 Å². The second kappa shape index (κ2) is 25.9. The maximum absolute atomic E-state index is 0. The van der Waals surface area contributed by atoms with E-state index in [1.807, 2.05) is 0 Å². The molecule has 0 atom stereocenters. The molecule has 0 bridgehead atoms. The van der Waals surface area contributed by atoms with Crippen LogP contribution < -0.4 is 0 Å². The van der Waals surface area contributed by atoms with Gasteiger partial charge in [-0.05, 0) is 0 Å². The van der Waals surface area contributed by atoms with Crippen molar-refractivity contribution in [3.8, 4) is 0 Å². The predicted octanol–water partition coefficient (Wildman–Crippen LogP) is -0.889. The standard InChI is InChI=1S/Li.2O.Zr.H/q;2*-2;+4;. The quantitative estimate of drug-likeness (QED) is 0.383. The Bertz CT molecular complexity index is 6.00. The average Bonchev–Trinajstić information content (AvgIpc) is 0. The first-order chi connectivity index (χ1) is 0. The molecule has 4 heavy (non-hydrogen) atoms. The van der Waals surface area contributed by atoms with E-state index in [1.54, 1.807) is 0 Å². The van der Waals surface area contributed by atoms with Crippen LogP contribution in [0, 0.1) is 0 Å². The third kappa shape index (κ3) is 9.99. The fraction of sp³-hybridized carbons (Fsp3) is 0. The van der Waals surface area contributed by atoms with Crippen molar-refractivity contribution in [3.63, 3.8) is 0 Å². The molecular formula is HLiO2Zr. The Morgan fingerprint density at radius 3 is 0.750 bits per heavy atom. The van der Waals surface area contributed by atoms with Crippen LogP contribution in [0.15, 0.2) is 0 Å². The first kappa shape index (κ1) is 53.3. The molecule has 0 saturated heterocycles. The monoisotopic (exact) mass is 130 g/mol. The maximum atomic E-state index is 0. The number of hydrogen-bond donors (Lipinski definition) is 0. The van der Waals surface area contributed by atoms with Gasteiger partial charge in [-0.1, -0.05) is 0 Å². The molecule has 2 nitrogen and oxygen atoms in total. The zero-order valence-corrected chi connectivity index (χ0v) is 3.77. The molecule has 0 aliphatic heterocycles. The van der Waals surface area contributed by atoms with E-state index in [0.29, 0.717) is 0 Å². The minimum absolute atomic E-state index is 0. The van der Waals surface area contributed by atoms with Crippen LogP contribution in [0.1, 0.15) is 0 Å². The van der Waals surface area contributed by atoms with Crippen LogP contribution in [0.5, 0.6) is 0 Å². The molecule has 0 heterocycles. The van der Waals surface area contributed by atoms with Gasteiger partial charge in [0.25, 0.3) is 0 Å². The summed E-state index contributed by atoms with van der Waals surface area (Å²) in [7, 11) is 0. The predicted molar refractivity (Wildman–Crippen MR) is 8.52 cm³/mol. The van der Waals surface area contributed by atoms with Gasteiger partial charge in [0.05, 0.1) is 0 Å². The molecule has 0 amide bonds. The molecule has 0 N–H and O–H groups in total. The molecule has 0 aliphatic rings. The van der Waals surface area contributed by atoms with Gasteiger partial charge in [0.1, 0.15) is 0 Å². The van der Waals surface area contributed by atoms with Crippen LogP contribution in [-0.4, -0.2) is 18.9 Å². The van der Waals surface area contributed by atoms with Crippen molar-refractivity contribution in [2.75, 3.05) is 0 Å². The van der Waals surface area contributed by atoms with Gasteiger partial charge in [-0.15, -0.1) is 0 Å². The van der Waals surface area contributed by atoms with E-state index in [-0.39, 0.29) is 56.0 Å². The fourth-order valence-electron chi connectivity index (χ4n) is 0. The van der Waals surface area contributed by atoms with Gasteiger partial charge in [-0.3, -0.25) is 0 Å². The second-order valence-corrected chi connectivity index (χ2v) is 0. The largest absolute Gasteiger partial charge is 4.00 e. The van der Waals surface area contributed by atoms with Gasteiger partial charge in [-0.2, -0.15) is 0 Å². The molecule has 0 aromatic rings. The van der Waals surface area contributed by atoms with E-state index in [0.717, 1.165) is 0 Å². The summed E-state index contributed by atoms with van der Waals surface area (Å²) in [4.78, 5) is 0. The summed E-state index contributed by atoms with van der Waals surface area (Å²) in [6.07, 6.45) is 0. The Kier molecular flexibility index (Phi) is 346. The molecule has 0 aromatic heterocycles. The van der Waals surface area contributed by atoms with Gasteiger partial charge < -0.3 is 11.0 Å². The summed E-state index contributed by atoms with van der Waals surface area (Å²) in [5.41, 5.74) is 0. The van der Waals surface area contributed by atoms with Crippen LogP contribution in [0.25, 0.3) is 0 Å². The van der Waals surface area contributed by atoms with Crippen LogP contribution in [0.2, 0.25) is 0 Å². The van der Waals surface area contributed by atoms with Gasteiger partial charge in [-0.25, -0.2) is 0 Å². The van der Waals surface area contributed by atoms with Crippen molar-refractivity contribution in [1.29, 1.82) is 0 Å². The smallest absolute Gasteiger partial charge is 2.00 e. The Morgan fingerprint density at radius 1 is 0.750 bits per heavy atom. The van der Waals surface area contributed by atoms with E-state index in [1.165, 1.54) is 0 Å². The van der Waals surface area contributed by atoms with Crippen molar-refractivity contribution in [2.24, 2.45) is 0 Å². The number of rotatable bonds is 0. The Hall–Kier alpha value is 1.40. The molecule has 0 aliphatic carbocycles. The Labute approximate surface area is 55.9 Å². The molecule has 0 aromatic carbocycles. The van der Waals surface area contributed by atoms with E-state index in [9.17, 15) is 0 Å². The molecule has 18 valence electrons. The molecule has 0 radical (unpaired) electrons. The fourth-order valence-corrected chi connectivity index (χ4v) is 0. The Morgan fingerprint density at radius 2 is 0.750 bits per heavy atom. The summed E-state index contributed by atoms with van der Waals surface area (Å²) in [6.45, 7) is 0. The normalized spacial score (nSPS) is 0. The number of hydrogen-bond acceptors (Lipinski definition) is 0. The average molecular weight is 131 g/mol. The van der Waals surface area contributed by atoms with Crippen molar-refractivity contribution in [3.05, 3.63) is 0 Å². The first-order valence-electron chi connectivity index (χ1n) is 0. The van der Waals surface area contributed by atoms with Crippen molar-refractivity contribution in [2.45, 2.75) is 0 Å². The first-order valence-corrected chi connectivity index (χ1v) is 0. The van der Waals surface area contributed by atoms with Crippen LogP contribution >= 0.6 is 0 Å². The summed E-state index contributed by atoms with van der Waals surface area (Å²) >= 11 is 0. The third-order valence-corrected chi connectivity index (χ3v) is 0. The zero-order chi connectivity index (χ0) is 0. The van der Waals surface area contributed by atoms with Gasteiger partial charge in [0, 0.05) is 0 Å². The van der Waals surface area contributed by atoms with E-state index in [4.69, 9.17) is 0 Å². The minimum atomic E-state index is 0. The second-order valence-electron chi connectivity index (χ2n) is 0. The summed E-state index contributed by atoms with van der Waals surface area (Å²) in [5.74, 6) is 0. The molecule has 0 unspecified atom stereocenters. The zero-order valence-electron chi connectivity index (χ0n) is 1.32. The molecule has 4 heteroatoms. The molecule has 0 rings (SSSR count). The maximum Gasteiger partial charge on any atom is 4.00 e. The van der Waals surface area contributed by atoms with Crippen molar-refractivity contribution >= 4 is 18.9 Å². The van der Waals surface area contributed by atoms with Crippen LogP contribution in [0.4, 0.5) is 0 Å². The topological polar surface area (TPSA) is 57.0 Å². The van der Waals surface area contributed by atoms with Gasteiger partial charge >= 0.3 is 45.1 Å². The summed E-state index contributed by atoms with van der Waals surface area (Å²) < 4.78 is 0. The molecule has 0 spiro atoms. The van der Waals surface area contributed by atoms with Gasteiger partial charge in [0.15, 0.2) is 0 Å². The molecule has 0 saturated carbocycles. The third-order valence-electron chi connectivity index (χ3n) is 0. The van der Waals surface area contributed by atoms with Crippen molar-refractivity contribution < 1.29 is 37.2 Å². The minimum Gasteiger partial charge on any atom is -2.00 e. The van der Waals surface area contributed by atoms with Crippen molar-refractivity contribution in [1.82, 2.24) is 0 Å². The SMILES string of the molecule is [LiH].[O-2].[O-2].[Zr+4]. The van der Waals surface area contributed by atoms with E-state index >= 15 is 0 Å². The van der Waals surface area contributed by atoms with E-state index in [2.05, 4.69) is 0 Å². The van der Waals surface area contributed by atoms with Crippen LogP contribution in [-0.2, 0) is 37.2 Å². The molecular weight excluding hydrogens is 130 g/mol. The summed E-state index contributed by atoms with van der Waals surface area (Å²) in [5, 5.41) is 0. The van der Waals surface area contributed by atoms with E-state index < -0.39 is 0 Å². The Balaban J connectivity index is 0. The van der Waals surface area contributed by atoms with Gasteiger partial charge in [0.2, 0.25) is 0 Å². The molecule has 0 fully saturated rings.